The van der Waals surface area contributed by atoms with E-state index >= 15 is 0 Å². The number of hydrogen-bond acceptors (Lipinski definition) is 6. The third-order valence-electron chi connectivity index (χ3n) is 4.87. The third-order valence-corrected chi connectivity index (χ3v) is 4.87. The van der Waals surface area contributed by atoms with Crippen LogP contribution in [0.2, 0.25) is 0 Å². The molecule has 1 amide bonds. The monoisotopic (exact) mass is 417 g/mol. The smallest absolute Gasteiger partial charge is 0.224 e. The molecule has 0 spiro atoms. The van der Waals surface area contributed by atoms with E-state index < -0.39 is 0 Å². The van der Waals surface area contributed by atoms with Gasteiger partial charge < -0.3 is 14.8 Å². The Morgan fingerprint density at radius 1 is 1.03 bits per heavy atom. The second kappa shape index (κ2) is 9.25. The SMILES string of the molecule is COc1ccc(CC(=O)NCCc2cc3nc(-c4ccncc4)ccn3n2)cc1OC. The highest BCUT2D eigenvalue weighted by atomic mass is 16.5. The maximum absolute atomic E-state index is 12.3. The highest BCUT2D eigenvalue weighted by Gasteiger charge is 2.09. The maximum atomic E-state index is 12.3. The molecule has 0 saturated heterocycles. The van der Waals surface area contributed by atoms with Crippen LogP contribution in [-0.2, 0) is 17.6 Å². The Balaban J connectivity index is 1.34. The van der Waals surface area contributed by atoms with Gasteiger partial charge in [0, 0.05) is 43.2 Å². The summed E-state index contributed by atoms with van der Waals surface area (Å²) in [4.78, 5) is 21.0. The average molecular weight is 417 g/mol. The number of ether oxygens (including phenoxy) is 2. The first-order valence-electron chi connectivity index (χ1n) is 9.89. The molecule has 1 N–H and O–H groups in total. The molecule has 0 atom stereocenters. The average Bonchev–Trinajstić information content (AvgIpc) is 3.21. The molecule has 4 aromatic rings. The first-order chi connectivity index (χ1) is 15.2. The van der Waals surface area contributed by atoms with Crippen molar-refractivity contribution in [2.24, 2.45) is 0 Å². The standard InChI is InChI=1S/C23H23N5O3/c1-30-20-4-3-16(13-21(20)31-2)14-23(29)25-11-7-18-15-22-26-19(8-12-28(22)27-18)17-5-9-24-10-6-17/h3-6,8-10,12-13,15H,7,11,14H2,1-2H3,(H,25,29). The van der Waals surface area contributed by atoms with E-state index in [4.69, 9.17) is 9.47 Å². The van der Waals surface area contributed by atoms with Crippen LogP contribution in [0.1, 0.15) is 11.3 Å². The fourth-order valence-corrected chi connectivity index (χ4v) is 3.30. The molecular weight excluding hydrogens is 394 g/mol. The number of benzene rings is 1. The molecule has 0 fully saturated rings. The number of nitrogens with one attached hydrogen (secondary N) is 1. The summed E-state index contributed by atoms with van der Waals surface area (Å²) in [7, 11) is 3.16. The Morgan fingerprint density at radius 3 is 2.61 bits per heavy atom. The van der Waals surface area contributed by atoms with Gasteiger partial charge in [0.15, 0.2) is 17.1 Å². The maximum Gasteiger partial charge on any atom is 0.224 e. The van der Waals surface area contributed by atoms with Crippen LogP contribution in [-0.4, -0.2) is 46.3 Å². The summed E-state index contributed by atoms with van der Waals surface area (Å²) in [5, 5.41) is 7.47. The van der Waals surface area contributed by atoms with Crippen molar-refractivity contribution in [2.75, 3.05) is 20.8 Å². The van der Waals surface area contributed by atoms with Crippen LogP contribution in [0.15, 0.2) is 61.1 Å². The molecule has 0 saturated carbocycles. The van der Waals surface area contributed by atoms with E-state index in [1.807, 2.05) is 42.6 Å². The Bertz CT molecular complexity index is 1190. The second-order valence-electron chi connectivity index (χ2n) is 6.95. The van der Waals surface area contributed by atoms with Gasteiger partial charge >= 0.3 is 0 Å². The van der Waals surface area contributed by atoms with E-state index in [1.165, 1.54) is 0 Å². The summed E-state index contributed by atoms with van der Waals surface area (Å²) in [5.74, 6) is 1.18. The lowest BCUT2D eigenvalue weighted by molar-refractivity contribution is -0.120. The van der Waals surface area contributed by atoms with E-state index in [-0.39, 0.29) is 12.3 Å². The molecule has 0 radical (unpaired) electrons. The largest absolute Gasteiger partial charge is 0.493 e. The van der Waals surface area contributed by atoms with Crippen LogP contribution < -0.4 is 14.8 Å². The van der Waals surface area contributed by atoms with Crippen molar-refractivity contribution in [3.8, 4) is 22.8 Å². The first kappa shape index (κ1) is 20.3. The van der Waals surface area contributed by atoms with E-state index in [2.05, 4.69) is 20.4 Å². The summed E-state index contributed by atoms with van der Waals surface area (Å²) < 4.78 is 12.3. The third kappa shape index (κ3) is 4.80. The Hall–Kier alpha value is -3.94. The van der Waals surface area contributed by atoms with E-state index in [9.17, 15) is 4.79 Å². The van der Waals surface area contributed by atoms with Gasteiger partial charge in [-0.15, -0.1) is 0 Å². The van der Waals surface area contributed by atoms with Crippen molar-refractivity contribution in [3.05, 3.63) is 72.3 Å². The zero-order valence-electron chi connectivity index (χ0n) is 17.4. The number of carbonyl (C=O) groups excluding carboxylic acids is 1. The summed E-state index contributed by atoms with van der Waals surface area (Å²) in [6, 6.07) is 13.2. The molecule has 4 rings (SSSR count). The number of carbonyl (C=O) groups is 1. The second-order valence-corrected chi connectivity index (χ2v) is 6.95. The van der Waals surface area contributed by atoms with Crippen LogP contribution in [0, 0.1) is 0 Å². The normalized spacial score (nSPS) is 10.8. The zero-order valence-corrected chi connectivity index (χ0v) is 17.4. The molecule has 8 nitrogen and oxygen atoms in total. The van der Waals surface area contributed by atoms with Crippen LogP contribution in [0.4, 0.5) is 0 Å². The summed E-state index contributed by atoms with van der Waals surface area (Å²) in [6.45, 7) is 0.493. The van der Waals surface area contributed by atoms with Gasteiger partial charge in [0.2, 0.25) is 5.91 Å². The fourth-order valence-electron chi connectivity index (χ4n) is 3.30. The molecule has 0 aliphatic rings. The van der Waals surface area contributed by atoms with Crippen molar-refractivity contribution in [1.82, 2.24) is 24.9 Å². The molecule has 3 aromatic heterocycles. The Kier molecular flexibility index (Phi) is 6.07. The molecule has 31 heavy (non-hydrogen) atoms. The van der Waals surface area contributed by atoms with Crippen LogP contribution in [0.3, 0.4) is 0 Å². The van der Waals surface area contributed by atoms with Gasteiger partial charge in [-0.25, -0.2) is 9.50 Å². The van der Waals surface area contributed by atoms with E-state index in [1.54, 1.807) is 37.2 Å². The molecule has 3 heterocycles. The lowest BCUT2D eigenvalue weighted by Gasteiger charge is -2.09. The van der Waals surface area contributed by atoms with Gasteiger partial charge in [-0.2, -0.15) is 5.10 Å². The first-order valence-corrected chi connectivity index (χ1v) is 9.89. The van der Waals surface area contributed by atoms with E-state index in [0.717, 1.165) is 28.2 Å². The van der Waals surface area contributed by atoms with Crippen molar-refractivity contribution in [3.63, 3.8) is 0 Å². The van der Waals surface area contributed by atoms with Gasteiger partial charge in [0.1, 0.15) is 0 Å². The Labute approximate surface area is 179 Å². The minimum atomic E-state index is -0.0610. The zero-order chi connectivity index (χ0) is 21.6. The number of pyridine rings is 1. The molecule has 0 bridgehead atoms. The Morgan fingerprint density at radius 2 is 1.84 bits per heavy atom. The van der Waals surface area contributed by atoms with Gasteiger partial charge in [0.25, 0.3) is 0 Å². The van der Waals surface area contributed by atoms with Crippen LogP contribution >= 0.6 is 0 Å². The molecule has 158 valence electrons. The molecule has 0 aliphatic carbocycles. The molecular formula is C23H23N5O3. The number of nitrogens with zero attached hydrogens (tertiary/aromatic N) is 4. The molecule has 8 heteroatoms. The number of rotatable bonds is 8. The van der Waals surface area contributed by atoms with Crippen molar-refractivity contribution >= 4 is 11.6 Å². The number of amides is 1. The van der Waals surface area contributed by atoms with Gasteiger partial charge in [0.05, 0.1) is 32.0 Å². The summed E-state index contributed by atoms with van der Waals surface area (Å²) >= 11 is 0. The quantitative estimate of drug-likeness (QED) is 0.474. The van der Waals surface area contributed by atoms with E-state index in [0.29, 0.717) is 24.5 Å². The van der Waals surface area contributed by atoms with Crippen molar-refractivity contribution < 1.29 is 14.3 Å². The lowest BCUT2D eigenvalue weighted by Crippen LogP contribution is -2.27. The highest BCUT2D eigenvalue weighted by molar-refractivity contribution is 5.78. The van der Waals surface area contributed by atoms with Gasteiger partial charge in [-0.05, 0) is 35.9 Å². The summed E-state index contributed by atoms with van der Waals surface area (Å²) in [6.07, 6.45) is 6.26. The lowest BCUT2D eigenvalue weighted by atomic mass is 10.1. The fraction of sp³-hybridized carbons (Fsp3) is 0.217. The predicted octanol–water partition coefficient (Wildman–Crippen LogP) is 2.71. The summed E-state index contributed by atoms with van der Waals surface area (Å²) in [5.41, 5.74) is 4.36. The number of fused-ring (bicyclic) bond motifs is 1. The minimum Gasteiger partial charge on any atom is -0.493 e. The van der Waals surface area contributed by atoms with Crippen molar-refractivity contribution in [2.45, 2.75) is 12.8 Å². The van der Waals surface area contributed by atoms with Gasteiger partial charge in [-0.1, -0.05) is 6.07 Å². The predicted molar refractivity (Wildman–Crippen MR) is 116 cm³/mol. The highest BCUT2D eigenvalue weighted by Crippen LogP contribution is 2.27. The van der Waals surface area contributed by atoms with Crippen LogP contribution in [0.25, 0.3) is 16.9 Å². The molecule has 0 unspecified atom stereocenters. The minimum absolute atomic E-state index is 0.0610. The number of aromatic nitrogens is 4. The molecule has 0 aliphatic heterocycles. The topological polar surface area (TPSA) is 90.6 Å². The van der Waals surface area contributed by atoms with Gasteiger partial charge in [-0.3, -0.25) is 9.78 Å². The van der Waals surface area contributed by atoms with Crippen molar-refractivity contribution in [1.29, 1.82) is 0 Å². The van der Waals surface area contributed by atoms with Crippen LogP contribution in [0.5, 0.6) is 11.5 Å². The number of methoxy groups -OCH3 is 2. The molecule has 1 aromatic carbocycles. The number of hydrogen-bond donors (Lipinski definition) is 1.